The van der Waals surface area contributed by atoms with Crippen LogP contribution in [0.4, 0.5) is 5.69 Å². The molecule has 116 valence electrons. The Morgan fingerprint density at radius 2 is 2.09 bits per heavy atom. The average molecular weight is 298 g/mol. The van der Waals surface area contributed by atoms with E-state index in [4.69, 9.17) is 0 Å². The summed E-state index contributed by atoms with van der Waals surface area (Å²) in [6.07, 6.45) is 3.91. The molecular formula is C17H22N4O. The van der Waals surface area contributed by atoms with Gasteiger partial charge in [0.2, 0.25) is 5.91 Å². The number of rotatable bonds is 4. The van der Waals surface area contributed by atoms with Gasteiger partial charge in [0.15, 0.2) is 0 Å². The third-order valence-electron chi connectivity index (χ3n) is 4.24. The number of aromatic nitrogens is 1. The van der Waals surface area contributed by atoms with Crippen molar-refractivity contribution in [3.05, 3.63) is 36.5 Å². The minimum Gasteiger partial charge on any atom is -0.324 e. The molecule has 2 aromatic rings. The number of nitrogens with zero attached hydrogens (tertiary/aromatic N) is 2. The SMILES string of the molecule is CNC1CCN(CC(=O)Nc2cnc3ccccc3c2)CC1. The molecule has 1 saturated heterocycles. The molecular weight excluding hydrogens is 276 g/mol. The van der Waals surface area contributed by atoms with Gasteiger partial charge in [0.1, 0.15) is 0 Å². The summed E-state index contributed by atoms with van der Waals surface area (Å²) in [5.41, 5.74) is 1.70. The number of hydrogen-bond acceptors (Lipinski definition) is 4. The molecule has 5 nitrogen and oxygen atoms in total. The summed E-state index contributed by atoms with van der Waals surface area (Å²) in [5.74, 6) is 0.0278. The number of hydrogen-bond donors (Lipinski definition) is 2. The Morgan fingerprint density at radius 1 is 1.32 bits per heavy atom. The maximum Gasteiger partial charge on any atom is 0.238 e. The Labute approximate surface area is 130 Å². The molecule has 2 N–H and O–H groups in total. The summed E-state index contributed by atoms with van der Waals surface area (Å²) in [7, 11) is 2.00. The average Bonchev–Trinajstić information content (AvgIpc) is 2.55. The number of carbonyl (C=O) groups excluding carboxylic acids is 1. The molecule has 5 heteroatoms. The first-order valence-corrected chi connectivity index (χ1v) is 7.79. The number of benzene rings is 1. The second kappa shape index (κ2) is 6.85. The highest BCUT2D eigenvalue weighted by Gasteiger charge is 2.19. The maximum atomic E-state index is 12.2. The van der Waals surface area contributed by atoms with Crippen molar-refractivity contribution in [3.63, 3.8) is 0 Å². The lowest BCUT2D eigenvalue weighted by Gasteiger charge is -2.31. The van der Waals surface area contributed by atoms with Gasteiger partial charge in [-0.25, -0.2) is 0 Å². The smallest absolute Gasteiger partial charge is 0.238 e. The molecule has 0 unspecified atom stereocenters. The van der Waals surface area contributed by atoms with Crippen molar-refractivity contribution in [2.24, 2.45) is 0 Å². The van der Waals surface area contributed by atoms with Crippen molar-refractivity contribution in [3.8, 4) is 0 Å². The molecule has 1 aliphatic rings. The lowest BCUT2D eigenvalue weighted by molar-refractivity contribution is -0.117. The minimum absolute atomic E-state index is 0.0278. The molecule has 0 atom stereocenters. The van der Waals surface area contributed by atoms with Crippen LogP contribution in [0, 0.1) is 0 Å². The van der Waals surface area contributed by atoms with E-state index in [0.29, 0.717) is 12.6 Å². The van der Waals surface area contributed by atoms with Crippen LogP contribution < -0.4 is 10.6 Å². The first kappa shape index (κ1) is 14.9. The second-order valence-electron chi connectivity index (χ2n) is 5.80. The molecule has 1 aliphatic heterocycles. The molecule has 22 heavy (non-hydrogen) atoms. The van der Waals surface area contributed by atoms with Crippen molar-refractivity contribution < 1.29 is 4.79 Å². The number of anilines is 1. The molecule has 0 bridgehead atoms. The standard InChI is InChI=1S/C17H22N4O/c1-18-14-6-8-21(9-7-14)12-17(22)20-15-10-13-4-2-3-5-16(13)19-11-15/h2-5,10-11,14,18H,6-9,12H2,1H3,(H,20,22). The summed E-state index contributed by atoms with van der Waals surface area (Å²) in [6.45, 7) is 2.38. The van der Waals surface area contributed by atoms with Crippen LogP contribution in [0.1, 0.15) is 12.8 Å². The zero-order valence-electron chi connectivity index (χ0n) is 12.9. The summed E-state index contributed by atoms with van der Waals surface area (Å²) in [4.78, 5) is 18.7. The Balaban J connectivity index is 1.56. The Kier molecular flexibility index (Phi) is 4.65. The normalized spacial score (nSPS) is 16.8. The predicted octanol–water partition coefficient (Wildman–Crippen LogP) is 1.86. The van der Waals surface area contributed by atoms with Gasteiger partial charge in [0.25, 0.3) is 0 Å². The van der Waals surface area contributed by atoms with Crippen molar-refractivity contribution in [1.29, 1.82) is 0 Å². The highest BCUT2D eigenvalue weighted by atomic mass is 16.2. The van der Waals surface area contributed by atoms with Crippen LogP contribution in [0.15, 0.2) is 36.5 Å². The van der Waals surface area contributed by atoms with E-state index in [-0.39, 0.29) is 5.91 Å². The number of fused-ring (bicyclic) bond motifs is 1. The highest BCUT2D eigenvalue weighted by molar-refractivity contribution is 5.94. The van der Waals surface area contributed by atoms with E-state index in [9.17, 15) is 4.79 Å². The first-order valence-electron chi connectivity index (χ1n) is 7.79. The van der Waals surface area contributed by atoms with Gasteiger partial charge in [-0.15, -0.1) is 0 Å². The van der Waals surface area contributed by atoms with E-state index >= 15 is 0 Å². The van der Waals surface area contributed by atoms with Crippen molar-refractivity contribution in [2.75, 3.05) is 32.0 Å². The number of amides is 1. The number of piperidine rings is 1. The molecule has 0 saturated carbocycles. The third kappa shape index (κ3) is 3.61. The van der Waals surface area contributed by atoms with E-state index < -0.39 is 0 Å². The summed E-state index contributed by atoms with van der Waals surface area (Å²) in [6, 6.07) is 10.5. The van der Waals surface area contributed by atoms with Crippen LogP contribution in [0.5, 0.6) is 0 Å². The van der Waals surface area contributed by atoms with E-state index in [1.165, 1.54) is 0 Å². The zero-order valence-corrected chi connectivity index (χ0v) is 12.9. The van der Waals surface area contributed by atoms with Crippen molar-refractivity contribution in [1.82, 2.24) is 15.2 Å². The van der Waals surface area contributed by atoms with Crippen molar-refractivity contribution in [2.45, 2.75) is 18.9 Å². The number of para-hydroxylation sites is 1. The molecule has 1 fully saturated rings. The lowest BCUT2D eigenvalue weighted by Crippen LogP contribution is -2.44. The van der Waals surface area contributed by atoms with Crippen LogP contribution in [0.3, 0.4) is 0 Å². The van der Waals surface area contributed by atoms with Crippen LogP contribution in [0.2, 0.25) is 0 Å². The highest BCUT2D eigenvalue weighted by Crippen LogP contribution is 2.16. The molecule has 0 radical (unpaired) electrons. The fourth-order valence-corrected chi connectivity index (χ4v) is 2.92. The summed E-state index contributed by atoms with van der Waals surface area (Å²) >= 11 is 0. The number of carbonyl (C=O) groups is 1. The lowest BCUT2D eigenvalue weighted by atomic mass is 10.1. The van der Waals surface area contributed by atoms with Crippen molar-refractivity contribution >= 4 is 22.5 Å². The summed E-state index contributed by atoms with van der Waals surface area (Å²) in [5, 5.41) is 7.28. The Bertz CT molecular complexity index is 650. The van der Waals surface area contributed by atoms with Gasteiger partial charge in [-0.1, -0.05) is 18.2 Å². The molecule has 0 aliphatic carbocycles. The zero-order chi connectivity index (χ0) is 15.4. The van der Waals surface area contributed by atoms with Gasteiger partial charge in [0.05, 0.1) is 23.9 Å². The molecule has 2 heterocycles. The van der Waals surface area contributed by atoms with E-state index in [1.54, 1.807) is 6.20 Å². The van der Waals surface area contributed by atoms with Crippen LogP contribution in [-0.2, 0) is 4.79 Å². The fourth-order valence-electron chi connectivity index (χ4n) is 2.92. The minimum atomic E-state index is 0.0278. The van der Waals surface area contributed by atoms with Crippen LogP contribution >= 0.6 is 0 Å². The monoisotopic (exact) mass is 298 g/mol. The van der Waals surface area contributed by atoms with E-state index in [1.807, 2.05) is 37.4 Å². The van der Waals surface area contributed by atoms with Gasteiger partial charge < -0.3 is 10.6 Å². The largest absolute Gasteiger partial charge is 0.324 e. The van der Waals surface area contributed by atoms with Gasteiger partial charge in [-0.05, 0) is 32.0 Å². The molecule has 1 aromatic carbocycles. The Hall–Kier alpha value is -1.98. The third-order valence-corrected chi connectivity index (χ3v) is 4.24. The summed E-state index contributed by atoms with van der Waals surface area (Å²) < 4.78 is 0. The van der Waals surface area contributed by atoms with E-state index in [0.717, 1.165) is 42.5 Å². The van der Waals surface area contributed by atoms with E-state index in [2.05, 4.69) is 20.5 Å². The van der Waals surface area contributed by atoms with Gasteiger partial charge in [-0.2, -0.15) is 0 Å². The fraction of sp³-hybridized carbons (Fsp3) is 0.412. The molecule has 1 aromatic heterocycles. The predicted molar refractivity (Wildman–Crippen MR) is 88.9 cm³/mol. The number of likely N-dealkylation sites (tertiary alicyclic amines) is 1. The van der Waals surface area contributed by atoms with Gasteiger partial charge in [0, 0.05) is 24.5 Å². The molecule has 1 amide bonds. The topological polar surface area (TPSA) is 57.3 Å². The quantitative estimate of drug-likeness (QED) is 0.904. The van der Waals surface area contributed by atoms with Crippen LogP contribution in [0.25, 0.3) is 10.9 Å². The van der Waals surface area contributed by atoms with Gasteiger partial charge in [-0.3, -0.25) is 14.7 Å². The number of nitrogens with one attached hydrogen (secondary N) is 2. The van der Waals surface area contributed by atoms with Gasteiger partial charge >= 0.3 is 0 Å². The maximum absolute atomic E-state index is 12.2. The molecule has 3 rings (SSSR count). The Morgan fingerprint density at radius 3 is 2.86 bits per heavy atom. The second-order valence-corrected chi connectivity index (χ2v) is 5.80. The van der Waals surface area contributed by atoms with Crippen LogP contribution in [-0.4, -0.2) is 48.5 Å². The molecule has 0 spiro atoms. The first-order chi connectivity index (χ1) is 10.7. The number of pyridine rings is 1.